The van der Waals surface area contributed by atoms with Crippen LogP contribution < -0.4 is 5.32 Å². The van der Waals surface area contributed by atoms with Crippen molar-refractivity contribution >= 4 is 41.1 Å². The summed E-state index contributed by atoms with van der Waals surface area (Å²) in [5, 5.41) is 3.84. The molecule has 0 aliphatic carbocycles. The van der Waals surface area contributed by atoms with Crippen LogP contribution in [-0.4, -0.2) is 49.1 Å². The number of carbonyl (C=O) groups is 2. The Bertz CT molecular complexity index is 634. The molecule has 2 rings (SSSR count). The maximum Gasteiger partial charge on any atom is 0.247 e. The van der Waals surface area contributed by atoms with Crippen LogP contribution in [0.1, 0.15) is 12.5 Å². The quantitative estimate of drug-likeness (QED) is 0.842. The summed E-state index contributed by atoms with van der Waals surface area (Å²) in [6.07, 6.45) is 2.99. The zero-order valence-electron chi connectivity index (χ0n) is 12.9. The lowest BCUT2D eigenvalue weighted by Gasteiger charge is -2.37. The highest BCUT2D eigenvalue weighted by Crippen LogP contribution is 2.22. The van der Waals surface area contributed by atoms with E-state index in [4.69, 9.17) is 27.9 Å². The van der Waals surface area contributed by atoms with Gasteiger partial charge in [0.1, 0.15) is 6.04 Å². The summed E-state index contributed by atoms with van der Waals surface area (Å²) in [6.45, 7) is 2.42. The number of benzene rings is 1. The standard InChI is InChI=1S/C16H18Cl2N2O3/c1-10-8-20(14(9-23-2)16(22)19-10)15(21)6-3-11-7-12(17)4-5-13(11)18/h3-7,10,14H,8-9H2,1-2H3,(H,19,22)/t10?,14-/m0/s1. The lowest BCUT2D eigenvalue weighted by molar-refractivity contribution is -0.143. The summed E-state index contributed by atoms with van der Waals surface area (Å²) in [6, 6.07) is 4.27. The molecule has 2 atom stereocenters. The Morgan fingerprint density at radius 3 is 2.91 bits per heavy atom. The molecule has 1 N–H and O–H groups in total. The van der Waals surface area contributed by atoms with Crippen LogP contribution in [0, 0.1) is 0 Å². The van der Waals surface area contributed by atoms with E-state index in [2.05, 4.69) is 5.32 Å². The fourth-order valence-corrected chi connectivity index (χ4v) is 2.78. The molecule has 23 heavy (non-hydrogen) atoms. The van der Waals surface area contributed by atoms with Gasteiger partial charge in [-0.1, -0.05) is 23.2 Å². The van der Waals surface area contributed by atoms with E-state index in [0.717, 1.165) is 0 Å². The first-order chi connectivity index (χ1) is 10.9. The normalized spacial score (nSPS) is 21.6. The molecular formula is C16H18Cl2N2O3. The van der Waals surface area contributed by atoms with Gasteiger partial charge in [0.25, 0.3) is 0 Å². The Labute approximate surface area is 145 Å². The number of carbonyl (C=O) groups excluding carboxylic acids is 2. The van der Waals surface area contributed by atoms with E-state index in [1.165, 1.54) is 18.1 Å². The molecule has 5 nitrogen and oxygen atoms in total. The first-order valence-corrected chi connectivity index (χ1v) is 7.91. The van der Waals surface area contributed by atoms with Crippen LogP contribution in [0.2, 0.25) is 10.0 Å². The number of amides is 2. The first-order valence-electron chi connectivity index (χ1n) is 7.15. The smallest absolute Gasteiger partial charge is 0.247 e. The molecule has 0 spiro atoms. The number of nitrogens with zero attached hydrogens (tertiary/aromatic N) is 1. The van der Waals surface area contributed by atoms with E-state index >= 15 is 0 Å². The van der Waals surface area contributed by atoms with Gasteiger partial charge in [-0.2, -0.15) is 0 Å². The molecule has 1 aromatic rings. The van der Waals surface area contributed by atoms with Crippen molar-refractivity contribution < 1.29 is 14.3 Å². The Morgan fingerprint density at radius 1 is 1.48 bits per heavy atom. The predicted molar refractivity (Wildman–Crippen MR) is 90.5 cm³/mol. The van der Waals surface area contributed by atoms with Gasteiger partial charge >= 0.3 is 0 Å². The zero-order chi connectivity index (χ0) is 17.0. The molecule has 1 fully saturated rings. The van der Waals surface area contributed by atoms with Crippen LogP contribution >= 0.6 is 23.2 Å². The third-order valence-electron chi connectivity index (χ3n) is 3.51. The van der Waals surface area contributed by atoms with Crippen molar-refractivity contribution in [1.82, 2.24) is 10.2 Å². The van der Waals surface area contributed by atoms with E-state index in [1.807, 2.05) is 6.92 Å². The SMILES string of the molecule is COC[C@H]1C(=O)NC(C)CN1C(=O)C=Cc1cc(Cl)ccc1Cl. The summed E-state index contributed by atoms with van der Waals surface area (Å²) in [7, 11) is 1.50. The molecule has 1 saturated heterocycles. The Kier molecular flexibility index (Phi) is 6.04. The number of halogens is 2. The van der Waals surface area contributed by atoms with E-state index < -0.39 is 6.04 Å². The van der Waals surface area contributed by atoms with Crippen molar-refractivity contribution in [3.63, 3.8) is 0 Å². The number of hydrogen-bond acceptors (Lipinski definition) is 3. The van der Waals surface area contributed by atoms with Crippen LogP contribution in [0.25, 0.3) is 6.08 Å². The minimum absolute atomic E-state index is 0.109. The zero-order valence-corrected chi connectivity index (χ0v) is 14.4. The van der Waals surface area contributed by atoms with Crippen LogP contribution in [0.5, 0.6) is 0 Å². The predicted octanol–water partition coefficient (Wildman–Crippen LogP) is 2.37. The van der Waals surface area contributed by atoms with Crippen molar-refractivity contribution in [2.75, 3.05) is 20.3 Å². The van der Waals surface area contributed by atoms with Crippen molar-refractivity contribution in [2.45, 2.75) is 19.0 Å². The lowest BCUT2D eigenvalue weighted by Crippen LogP contribution is -2.61. The van der Waals surface area contributed by atoms with Crippen molar-refractivity contribution in [1.29, 1.82) is 0 Å². The molecule has 1 aromatic carbocycles. The van der Waals surface area contributed by atoms with E-state index in [-0.39, 0.29) is 24.5 Å². The molecule has 2 amide bonds. The van der Waals surface area contributed by atoms with Gasteiger partial charge in [-0.15, -0.1) is 0 Å². The third-order valence-corrected chi connectivity index (χ3v) is 4.09. The average Bonchev–Trinajstić information content (AvgIpc) is 2.50. The summed E-state index contributed by atoms with van der Waals surface area (Å²) < 4.78 is 5.05. The second kappa shape index (κ2) is 7.81. The molecule has 7 heteroatoms. The largest absolute Gasteiger partial charge is 0.382 e. The Balaban J connectivity index is 2.18. The van der Waals surface area contributed by atoms with Gasteiger partial charge in [0.05, 0.1) is 6.61 Å². The van der Waals surface area contributed by atoms with Crippen molar-refractivity contribution in [3.8, 4) is 0 Å². The molecule has 1 heterocycles. The molecule has 1 aliphatic heterocycles. The Hall–Kier alpha value is -1.56. The van der Waals surface area contributed by atoms with Gasteiger partial charge in [0.15, 0.2) is 0 Å². The van der Waals surface area contributed by atoms with Crippen LogP contribution in [-0.2, 0) is 14.3 Å². The maximum absolute atomic E-state index is 12.5. The van der Waals surface area contributed by atoms with E-state index in [0.29, 0.717) is 22.2 Å². The minimum Gasteiger partial charge on any atom is -0.382 e. The molecule has 0 bridgehead atoms. The number of hydrogen-bond donors (Lipinski definition) is 1. The fraction of sp³-hybridized carbons (Fsp3) is 0.375. The van der Waals surface area contributed by atoms with Gasteiger partial charge in [0.2, 0.25) is 11.8 Å². The Morgan fingerprint density at radius 2 is 2.22 bits per heavy atom. The van der Waals surface area contributed by atoms with Gasteiger partial charge in [-0.3, -0.25) is 9.59 Å². The summed E-state index contributed by atoms with van der Waals surface area (Å²) in [4.78, 5) is 26.0. The van der Waals surface area contributed by atoms with Crippen molar-refractivity contribution in [3.05, 3.63) is 39.9 Å². The second-order valence-corrected chi connectivity index (χ2v) is 6.21. The number of ether oxygens (including phenoxy) is 1. The topological polar surface area (TPSA) is 58.6 Å². The summed E-state index contributed by atoms with van der Waals surface area (Å²) in [5.41, 5.74) is 0.644. The van der Waals surface area contributed by atoms with E-state index in [9.17, 15) is 9.59 Å². The molecule has 0 aromatic heterocycles. The number of nitrogens with one attached hydrogen (secondary N) is 1. The highest BCUT2D eigenvalue weighted by atomic mass is 35.5. The average molecular weight is 357 g/mol. The van der Waals surface area contributed by atoms with Crippen LogP contribution in [0.3, 0.4) is 0 Å². The number of piperazine rings is 1. The van der Waals surface area contributed by atoms with Crippen LogP contribution in [0.4, 0.5) is 0 Å². The molecule has 1 unspecified atom stereocenters. The van der Waals surface area contributed by atoms with Crippen LogP contribution in [0.15, 0.2) is 24.3 Å². The summed E-state index contributed by atoms with van der Waals surface area (Å²) in [5.74, 6) is -0.488. The van der Waals surface area contributed by atoms with Crippen molar-refractivity contribution in [2.24, 2.45) is 0 Å². The third kappa shape index (κ3) is 4.47. The fourth-order valence-electron chi connectivity index (χ4n) is 2.41. The molecule has 0 saturated carbocycles. The molecule has 0 radical (unpaired) electrons. The minimum atomic E-state index is -0.636. The first kappa shape index (κ1) is 17.8. The highest BCUT2D eigenvalue weighted by molar-refractivity contribution is 6.34. The van der Waals surface area contributed by atoms with Gasteiger partial charge in [-0.25, -0.2) is 0 Å². The summed E-state index contributed by atoms with van der Waals surface area (Å²) >= 11 is 12.0. The number of rotatable bonds is 4. The lowest BCUT2D eigenvalue weighted by atomic mass is 10.1. The van der Waals surface area contributed by atoms with E-state index in [1.54, 1.807) is 24.3 Å². The highest BCUT2D eigenvalue weighted by Gasteiger charge is 2.34. The van der Waals surface area contributed by atoms with Gasteiger partial charge in [-0.05, 0) is 36.8 Å². The van der Waals surface area contributed by atoms with Gasteiger partial charge < -0.3 is 15.0 Å². The molecular weight excluding hydrogens is 339 g/mol. The maximum atomic E-state index is 12.5. The molecule has 124 valence electrons. The second-order valence-electron chi connectivity index (χ2n) is 5.37. The number of methoxy groups -OCH3 is 1. The molecule has 1 aliphatic rings. The monoisotopic (exact) mass is 356 g/mol. The van der Waals surface area contributed by atoms with Gasteiger partial charge in [0, 0.05) is 35.8 Å².